The highest BCUT2D eigenvalue weighted by Crippen LogP contribution is 2.15. The third-order valence-electron chi connectivity index (χ3n) is 5.01. The maximum absolute atomic E-state index is 12.4. The molecule has 8 heteroatoms. The zero-order valence-electron chi connectivity index (χ0n) is 15.8. The van der Waals surface area contributed by atoms with E-state index >= 15 is 0 Å². The number of piperazine rings is 1. The van der Waals surface area contributed by atoms with E-state index in [1.165, 1.54) is 5.56 Å². The van der Waals surface area contributed by atoms with Crippen molar-refractivity contribution >= 4 is 17.5 Å². The Kier molecular flexibility index (Phi) is 5.88. The van der Waals surface area contributed by atoms with Gasteiger partial charge >= 0.3 is 0 Å². The van der Waals surface area contributed by atoms with E-state index in [2.05, 4.69) is 27.4 Å². The minimum Gasteiger partial charge on any atom is -0.368 e. The summed E-state index contributed by atoms with van der Waals surface area (Å²) in [5.41, 5.74) is 8.37. The summed E-state index contributed by atoms with van der Waals surface area (Å²) >= 11 is 0. The summed E-state index contributed by atoms with van der Waals surface area (Å²) < 4.78 is 1.70. The van der Waals surface area contributed by atoms with Gasteiger partial charge in [0.05, 0.1) is 24.1 Å². The molecule has 1 saturated heterocycles. The summed E-state index contributed by atoms with van der Waals surface area (Å²) in [6, 6.07) is 9.63. The zero-order valence-corrected chi connectivity index (χ0v) is 15.8. The number of benzene rings is 1. The minimum atomic E-state index is -0.483. The largest absolute Gasteiger partial charge is 0.368 e. The van der Waals surface area contributed by atoms with Crippen LogP contribution in [0.5, 0.6) is 0 Å². The van der Waals surface area contributed by atoms with Crippen molar-refractivity contribution in [1.82, 2.24) is 19.6 Å². The van der Waals surface area contributed by atoms with Crippen LogP contribution in [-0.2, 0) is 23.2 Å². The van der Waals surface area contributed by atoms with Crippen molar-refractivity contribution in [1.29, 1.82) is 0 Å². The lowest BCUT2D eigenvalue weighted by Crippen LogP contribution is -2.59. The predicted octanol–water partition coefficient (Wildman–Crippen LogP) is 0.339. The van der Waals surface area contributed by atoms with Gasteiger partial charge in [0.15, 0.2) is 0 Å². The Morgan fingerprint density at radius 1 is 1.26 bits per heavy atom. The Morgan fingerprint density at radius 3 is 2.63 bits per heavy atom. The molecule has 27 heavy (non-hydrogen) atoms. The summed E-state index contributed by atoms with van der Waals surface area (Å²) in [4.78, 5) is 28.4. The molecule has 1 aromatic heterocycles. The molecule has 8 nitrogen and oxygen atoms in total. The van der Waals surface area contributed by atoms with Crippen molar-refractivity contribution in [2.24, 2.45) is 12.8 Å². The summed E-state index contributed by atoms with van der Waals surface area (Å²) in [5.74, 6) is -0.577. The first-order valence-corrected chi connectivity index (χ1v) is 9.02. The smallest absolute Gasteiger partial charge is 0.238 e. The Hall–Kier alpha value is -2.71. The van der Waals surface area contributed by atoms with Gasteiger partial charge in [-0.05, 0) is 12.5 Å². The quantitative estimate of drug-likeness (QED) is 0.764. The molecular weight excluding hydrogens is 344 g/mol. The van der Waals surface area contributed by atoms with Crippen LogP contribution in [0.3, 0.4) is 0 Å². The second kappa shape index (κ2) is 8.32. The van der Waals surface area contributed by atoms with Crippen molar-refractivity contribution < 1.29 is 9.59 Å². The monoisotopic (exact) mass is 370 g/mol. The van der Waals surface area contributed by atoms with E-state index in [1.54, 1.807) is 10.9 Å². The number of amides is 2. The molecule has 3 rings (SSSR count). The fraction of sp³-hybridized carbons (Fsp3) is 0.421. The fourth-order valence-electron chi connectivity index (χ4n) is 3.32. The van der Waals surface area contributed by atoms with Gasteiger partial charge in [-0.25, -0.2) is 0 Å². The zero-order chi connectivity index (χ0) is 19.4. The number of nitrogens with zero attached hydrogens (tertiary/aromatic N) is 4. The lowest BCUT2D eigenvalue weighted by atomic mass is 10.1. The molecule has 3 N–H and O–H groups in total. The summed E-state index contributed by atoms with van der Waals surface area (Å²) in [6.07, 6.45) is 1.62. The maximum Gasteiger partial charge on any atom is 0.238 e. The van der Waals surface area contributed by atoms with Crippen LogP contribution in [0, 0.1) is 6.92 Å². The molecule has 0 aliphatic carbocycles. The molecule has 2 heterocycles. The van der Waals surface area contributed by atoms with Gasteiger partial charge in [-0.15, -0.1) is 0 Å². The van der Waals surface area contributed by atoms with Crippen molar-refractivity contribution in [2.75, 3.05) is 31.5 Å². The summed E-state index contributed by atoms with van der Waals surface area (Å²) in [5, 5.41) is 6.98. The molecule has 144 valence electrons. The van der Waals surface area contributed by atoms with Crippen LogP contribution >= 0.6 is 0 Å². The van der Waals surface area contributed by atoms with Gasteiger partial charge in [-0.1, -0.05) is 30.3 Å². The van der Waals surface area contributed by atoms with Gasteiger partial charge in [-0.3, -0.25) is 24.1 Å². The van der Waals surface area contributed by atoms with Crippen LogP contribution in [-0.4, -0.2) is 63.6 Å². The molecule has 1 aliphatic heterocycles. The van der Waals surface area contributed by atoms with Gasteiger partial charge in [-0.2, -0.15) is 5.10 Å². The van der Waals surface area contributed by atoms with Crippen molar-refractivity contribution in [3.8, 4) is 0 Å². The van der Waals surface area contributed by atoms with Crippen LogP contribution < -0.4 is 11.1 Å². The van der Waals surface area contributed by atoms with E-state index in [9.17, 15) is 9.59 Å². The number of hydrogen-bond acceptors (Lipinski definition) is 5. The number of hydrogen-bond donors (Lipinski definition) is 2. The van der Waals surface area contributed by atoms with E-state index < -0.39 is 11.9 Å². The Labute approximate surface area is 158 Å². The first kappa shape index (κ1) is 19.1. The van der Waals surface area contributed by atoms with E-state index in [1.807, 2.05) is 37.1 Å². The minimum absolute atomic E-state index is 0.126. The van der Waals surface area contributed by atoms with Crippen LogP contribution in [0.15, 0.2) is 36.5 Å². The normalized spacial score (nSPS) is 18.4. The molecule has 0 spiro atoms. The Morgan fingerprint density at radius 2 is 2.00 bits per heavy atom. The number of aromatic nitrogens is 2. The fourth-order valence-corrected chi connectivity index (χ4v) is 3.32. The molecule has 2 aromatic rings. The highest BCUT2D eigenvalue weighted by molar-refractivity contribution is 5.93. The lowest BCUT2D eigenvalue weighted by Gasteiger charge is -2.39. The Balaban J connectivity index is 1.59. The number of aryl methyl sites for hydroxylation is 1. The molecule has 1 aliphatic rings. The SMILES string of the molecule is Cc1c(NC(=O)CN2CCN(Cc3ccccc3)CC2C(N)=O)cnn1C. The summed E-state index contributed by atoms with van der Waals surface area (Å²) in [6.45, 7) is 4.68. The average Bonchev–Trinajstić information content (AvgIpc) is 2.95. The molecular formula is C19H26N6O2. The Bertz CT molecular complexity index is 804. The number of nitrogens with two attached hydrogens (primary N) is 1. The van der Waals surface area contributed by atoms with Gasteiger partial charge in [0.1, 0.15) is 6.04 Å². The van der Waals surface area contributed by atoms with Crippen molar-refractivity contribution in [3.63, 3.8) is 0 Å². The van der Waals surface area contributed by atoms with Gasteiger partial charge in [0.25, 0.3) is 0 Å². The van der Waals surface area contributed by atoms with E-state index in [-0.39, 0.29) is 12.5 Å². The third kappa shape index (κ3) is 4.72. The molecule has 1 fully saturated rings. The van der Waals surface area contributed by atoms with Crippen LogP contribution in [0.4, 0.5) is 5.69 Å². The molecule has 1 atom stereocenters. The van der Waals surface area contributed by atoms with Crippen LogP contribution in [0.1, 0.15) is 11.3 Å². The second-order valence-electron chi connectivity index (χ2n) is 6.92. The first-order valence-electron chi connectivity index (χ1n) is 9.02. The maximum atomic E-state index is 12.4. The van der Waals surface area contributed by atoms with Crippen molar-refractivity contribution in [2.45, 2.75) is 19.5 Å². The molecule has 0 radical (unpaired) electrons. The third-order valence-corrected chi connectivity index (χ3v) is 5.01. The number of carbonyl (C=O) groups excluding carboxylic acids is 2. The van der Waals surface area contributed by atoms with E-state index in [4.69, 9.17) is 5.73 Å². The first-order chi connectivity index (χ1) is 12.9. The van der Waals surface area contributed by atoms with E-state index in [0.29, 0.717) is 18.8 Å². The van der Waals surface area contributed by atoms with Gasteiger partial charge < -0.3 is 11.1 Å². The average molecular weight is 370 g/mol. The summed E-state index contributed by atoms with van der Waals surface area (Å²) in [7, 11) is 1.82. The standard InChI is InChI=1S/C19H26N6O2/c1-14-16(10-21-23(14)2)22-18(26)13-25-9-8-24(12-17(25)19(20)27)11-15-6-4-3-5-7-15/h3-7,10,17H,8-9,11-13H2,1-2H3,(H2,20,27)(H,22,26). The molecule has 0 saturated carbocycles. The molecule has 2 amide bonds. The predicted molar refractivity (Wildman–Crippen MR) is 103 cm³/mol. The molecule has 1 aromatic carbocycles. The highest BCUT2D eigenvalue weighted by atomic mass is 16.2. The van der Waals surface area contributed by atoms with Gasteiger partial charge in [0, 0.05) is 33.2 Å². The number of carbonyl (C=O) groups is 2. The van der Waals surface area contributed by atoms with E-state index in [0.717, 1.165) is 18.8 Å². The highest BCUT2D eigenvalue weighted by Gasteiger charge is 2.32. The number of anilines is 1. The molecule has 1 unspecified atom stereocenters. The lowest BCUT2D eigenvalue weighted by molar-refractivity contribution is -0.127. The second-order valence-corrected chi connectivity index (χ2v) is 6.92. The van der Waals surface area contributed by atoms with Crippen LogP contribution in [0.25, 0.3) is 0 Å². The number of primary amides is 1. The topological polar surface area (TPSA) is 96.5 Å². The molecule has 0 bridgehead atoms. The van der Waals surface area contributed by atoms with Gasteiger partial charge in [0.2, 0.25) is 11.8 Å². The number of nitrogens with one attached hydrogen (secondary N) is 1. The van der Waals surface area contributed by atoms with Crippen molar-refractivity contribution in [3.05, 3.63) is 47.8 Å². The number of rotatable bonds is 6. The van der Waals surface area contributed by atoms with Crippen LogP contribution in [0.2, 0.25) is 0 Å².